The number of hydrogen-bond acceptors (Lipinski definition) is 5. The van der Waals surface area contributed by atoms with Gasteiger partial charge in [0.05, 0.1) is 13.3 Å². The van der Waals surface area contributed by atoms with Gasteiger partial charge in [-0.05, 0) is 56.2 Å². The van der Waals surface area contributed by atoms with Gasteiger partial charge in [-0.25, -0.2) is 0 Å². The zero-order valence-electron chi connectivity index (χ0n) is 15.6. The van der Waals surface area contributed by atoms with Gasteiger partial charge in [-0.3, -0.25) is 0 Å². The minimum absolute atomic E-state index is 0.0639. The lowest BCUT2D eigenvalue weighted by Crippen LogP contribution is -2.21. The monoisotopic (exact) mass is 375 g/mol. The summed E-state index contributed by atoms with van der Waals surface area (Å²) in [6, 6.07) is 12.8. The highest BCUT2D eigenvalue weighted by Gasteiger charge is 2.18. The van der Waals surface area contributed by atoms with Crippen LogP contribution in [0, 0.1) is 6.92 Å². The molecular weight excluding hydrogens is 350 g/mol. The van der Waals surface area contributed by atoms with Crippen molar-refractivity contribution in [2.75, 3.05) is 25.1 Å². The Morgan fingerprint density at radius 1 is 1.12 bits per heavy atom. The molecule has 6 nitrogen and oxygen atoms in total. The van der Waals surface area contributed by atoms with E-state index in [4.69, 9.17) is 4.74 Å². The van der Waals surface area contributed by atoms with E-state index in [-0.39, 0.29) is 10.6 Å². The first-order valence-electron chi connectivity index (χ1n) is 8.45. The zero-order chi connectivity index (χ0) is 19.2. The van der Waals surface area contributed by atoms with Crippen LogP contribution < -0.4 is 14.5 Å². The second-order valence-corrected chi connectivity index (χ2v) is 7.40. The summed E-state index contributed by atoms with van der Waals surface area (Å²) in [6.45, 7) is 7.89. The Morgan fingerprint density at radius 2 is 1.77 bits per heavy atom. The van der Waals surface area contributed by atoms with Crippen molar-refractivity contribution in [3.05, 3.63) is 53.6 Å². The molecule has 0 aliphatic carbocycles. The number of benzene rings is 2. The summed E-state index contributed by atoms with van der Waals surface area (Å²) < 4.78 is 30.1. The third kappa shape index (κ3) is 4.76. The lowest BCUT2D eigenvalue weighted by Gasteiger charge is -2.20. The van der Waals surface area contributed by atoms with Gasteiger partial charge in [-0.1, -0.05) is 18.2 Å². The first kappa shape index (κ1) is 19.8. The molecule has 140 valence electrons. The molecule has 2 aromatic carbocycles. The fourth-order valence-corrected chi connectivity index (χ4v) is 3.62. The van der Waals surface area contributed by atoms with Gasteiger partial charge < -0.3 is 9.64 Å². The average molecular weight is 375 g/mol. The first-order valence-corrected chi connectivity index (χ1v) is 9.94. The van der Waals surface area contributed by atoms with E-state index in [0.29, 0.717) is 0 Å². The van der Waals surface area contributed by atoms with Crippen molar-refractivity contribution >= 4 is 21.9 Å². The van der Waals surface area contributed by atoms with Crippen LogP contribution in [0.5, 0.6) is 5.75 Å². The van der Waals surface area contributed by atoms with Crippen LogP contribution in [0.4, 0.5) is 5.69 Å². The molecule has 0 radical (unpaired) electrons. The highest BCUT2D eigenvalue weighted by Crippen LogP contribution is 2.24. The molecule has 0 atom stereocenters. The molecule has 0 unspecified atom stereocenters. The predicted octanol–water partition coefficient (Wildman–Crippen LogP) is 3.16. The molecule has 0 aliphatic heterocycles. The second kappa shape index (κ2) is 8.71. The van der Waals surface area contributed by atoms with Gasteiger partial charge in [-0.2, -0.15) is 18.4 Å². The Hall–Kier alpha value is -2.54. The molecule has 2 aromatic rings. The Labute approximate surface area is 155 Å². The Bertz CT molecular complexity index is 858. The normalized spacial score (nSPS) is 11.5. The molecule has 7 heteroatoms. The Balaban J connectivity index is 2.13. The highest BCUT2D eigenvalue weighted by molar-refractivity contribution is 7.89. The largest absolute Gasteiger partial charge is 0.495 e. The highest BCUT2D eigenvalue weighted by atomic mass is 32.2. The molecule has 0 aliphatic rings. The van der Waals surface area contributed by atoms with Crippen LogP contribution in [0.15, 0.2) is 52.5 Å². The summed E-state index contributed by atoms with van der Waals surface area (Å²) >= 11 is 0. The molecule has 0 saturated heterocycles. The van der Waals surface area contributed by atoms with E-state index < -0.39 is 10.0 Å². The maximum Gasteiger partial charge on any atom is 0.280 e. The zero-order valence-corrected chi connectivity index (χ0v) is 16.4. The van der Waals surface area contributed by atoms with E-state index in [2.05, 4.69) is 28.7 Å². The van der Waals surface area contributed by atoms with Crippen molar-refractivity contribution in [1.29, 1.82) is 0 Å². The SMILES string of the molecule is CCN(CC)c1ccc(/C=N/NS(=O)(=O)c2cc(C)ccc2OC)cc1. The number of ether oxygens (including phenoxy) is 1. The van der Waals surface area contributed by atoms with Gasteiger partial charge in [-0.15, -0.1) is 0 Å². The van der Waals surface area contributed by atoms with Crippen molar-refractivity contribution in [3.63, 3.8) is 0 Å². The van der Waals surface area contributed by atoms with Crippen LogP contribution in [0.25, 0.3) is 0 Å². The van der Waals surface area contributed by atoms with E-state index in [9.17, 15) is 8.42 Å². The quantitative estimate of drug-likeness (QED) is 0.568. The molecule has 0 fully saturated rings. The van der Waals surface area contributed by atoms with E-state index >= 15 is 0 Å². The number of nitrogens with one attached hydrogen (secondary N) is 1. The first-order chi connectivity index (χ1) is 12.4. The minimum Gasteiger partial charge on any atom is -0.495 e. The molecule has 0 amide bonds. The summed E-state index contributed by atoms with van der Waals surface area (Å²) in [7, 11) is -2.37. The maximum atomic E-state index is 12.5. The van der Waals surface area contributed by atoms with Gasteiger partial charge in [0.1, 0.15) is 10.6 Å². The van der Waals surface area contributed by atoms with Crippen LogP contribution in [-0.4, -0.2) is 34.8 Å². The minimum atomic E-state index is -3.81. The third-order valence-corrected chi connectivity index (χ3v) is 5.26. The van der Waals surface area contributed by atoms with E-state index in [0.717, 1.165) is 29.9 Å². The number of nitrogens with zero attached hydrogens (tertiary/aromatic N) is 2. The second-order valence-electron chi connectivity index (χ2n) is 5.77. The van der Waals surface area contributed by atoms with Crippen LogP contribution in [0.3, 0.4) is 0 Å². The number of sulfonamides is 1. The Kier molecular flexibility index (Phi) is 6.63. The van der Waals surface area contributed by atoms with Crippen LogP contribution in [0.1, 0.15) is 25.0 Å². The maximum absolute atomic E-state index is 12.5. The smallest absolute Gasteiger partial charge is 0.280 e. The van der Waals surface area contributed by atoms with Crippen LogP contribution in [0.2, 0.25) is 0 Å². The molecule has 0 bridgehead atoms. The lowest BCUT2D eigenvalue weighted by molar-refractivity contribution is 0.402. The van der Waals surface area contributed by atoms with E-state index in [1.807, 2.05) is 31.2 Å². The molecule has 2 rings (SSSR count). The van der Waals surface area contributed by atoms with E-state index in [1.165, 1.54) is 13.3 Å². The third-order valence-electron chi connectivity index (χ3n) is 4.02. The number of hydrazone groups is 1. The summed E-state index contributed by atoms with van der Waals surface area (Å²) in [5, 5.41) is 3.88. The topological polar surface area (TPSA) is 71.0 Å². The molecule has 26 heavy (non-hydrogen) atoms. The van der Waals surface area contributed by atoms with Gasteiger partial charge in [0, 0.05) is 18.8 Å². The average Bonchev–Trinajstić information content (AvgIpc) is 2.64. The standard InChI is InChI=1S/C19H25N3O3S/c1-5-22(6-2)17-10-8-16(9-11-17)14-20-21-26(23,24)19-13-15(3)7-12-18(19)25-4/h7-14,21H,5-6H2,1-4H3/b20-14+. The van der Waals surface area contributed by atoms with Crippen LogP contribution >= 0.6 is 0 Å². The number of methoxy groups -OCH3 is 1. The van der Waals surface area contributed by atoms with E-state index in [1.54, 1.807) is 18.2 Å². The molecule has 0 saturated carbocycles. The molecule has 0 heterocycles. The number of rotatable bonds is 8. The van der Waals surface area contributed by atoms with Crippen LogP contribution in [-0.2, 0) is 10.0 Å². The summed E-state index contributed by atoms with van der Waals surface area (Å²) in [5.74, 6) is 0.280. The number of anilines is 1. The summed E-state index contributed by atoms with van der Waals surface area (Å²) in [5.41, 5.74) is 2.75. The number of aryl methyl sites for hydroxylation is 1. The summed E-state index contributed by atoms with van der Waals surface area (Å²) in [6.07, 6.45) is 1.48. The van der Waals surface area contributed by atoms with Crippen molar-refractivity contribution < 1.29 is 13.2 Å². The molecule has 1 N–H and O–H groups in total. The predicted molar refractivity (Wildman–Crippen MR) is 106 cm³/mol. The van der Waals surface area contributed by atoms with Gasteiger partial charge in [0.2, 0.25) is 0 Å². The molecule has 0 aromatic heterocycles. The van der Waals surface area contributed by atoms with Crippen molar-refractivity contribution in [2.24, 2.45) is 5.10 Å². The van der Waals surface area contributed by atoms with Crippen molar-refractivity contribution in [2.45, 2.75) is 25.7 Å². The number of hydrogen-bond donors (Lipinski definition) is 1. The lowest BCUT2D eigenvalue weighted by atomic mass is 10.2. The molecular formula is C19H25N3O3S. The fourth-order valence-electron chi connectivity index (χ4n) is 2.57. The van der Waals surface area contributed by atoms with Gasteiger partial charge in [0.15, 0.2) is 0 Å². The van der Waals surface area contributed by atoms with Crippen molar-refractivity contribution in [1.82, 2.24) is 4.83 Å². The summed E-state index contributed by atoms with van der Waals surface area (Å²) in [4.78, 5) is 4.53. The molecule has 0 spiro atoms. The fraction of sp³-hybridized carbons (Fsp3) is 0.316. The van der Waals surface area contributed by atoms with Gasteiger partial charge >= 0.3 is 0 Å². The Morgan fingerprint density at radius 3 is 2.35 bits per heavy atom. The van der Waals surface area contributed by atoms with Crippen molar-refractivity contribution in [3.8, 4) is 5.75 Å². The van der Waals surface area contributed by atoms with Gasteiger partial charge in [0.25, 0.3) is 10.0 Å².